The van der Waals surface area contributed by atoms with Crippen LogP contribution in [-0.4, -0.2) is 18.1 Å². The van der Waals surface area contributed by atoms with Crippen LogP contribution in [0.5, 0.6) is 0 Å². The monoisotopic (exact) mass is 221 g/mol. The molecule has 1 aromatic heterocycles. The minimum Gasteiger partial charge on any atom is -0.469 e. The van der Waals surface area contributed by atoms with Crippen LogP contribution in [0.2, 0.25) is 0 Å². The first-order valence-corrected chi connectivity index (χ1v) is 5.71. The predicted octanol–water partition coefficient (Wildman–Crippen LogP) is 2.60. The van der Waals surface area contributed by atoms with Gasteiger partial charge in [0.05, 0.1) is 13.0 Å². The fourth-order valence-corrected chi connectivity index (χ4v) is 1.62. The summed E-state index contributed by atoms with van der Waals surface area (Å²) in [6, 6.07) is 5.95. The van der Waals surface area contributed by atoms with Crippen LogP contribution in [0.4, 0.5) is 0 Å². The topological polar surface area (TPSA) is 39.2 Å². The predicted molar refractivity (Wildman–Crippen MR) is 63.0 cm³/mol. The number of aryl methyl sites for hydroxylation is 1. The molecule has 0 saturated carbocycles. The normalized spacial score (nSPS) is 12.1. The van der Waals surface area contributed by atoms with E-state index in [1.807, 2.05) is 31.3 Å². The van der Waals surface area contributed by atoms with Crippen LogP contribution in [0, 0.1) is 5.92 Å². The first-order chi connectivity index (χ1) is 7.74. The highest BCUT2D eigenvalue weighted by Crippen LogP contribution is 2.11. The minimum atomic E-state index is -0.113. The quantitative estimate of drug-likeness (QED) is 0.547. The number of aromatic nitrogens is 1. The summed E-state index contributed by atoms with van der Waals surface area (Å²) in [5, 5.41) is 0. The lowest BCUT2D eigenvalue weighted by Gasteiger charge is -2.08. The maximum Gasteiger partial charge on any atom is 0.308 e. The second-order valence-corrected chi connectivity index (χ2v) is 3.99. The van der Waals surface area contributed by atoms with Gasteiger partial charge in [-0.1, -0.05) is 19.4 Å². The molecule has 0 bridgehead atoms. The van der Waals surface area contributed by atoms with E-state index in [-0.39, 0.29) is 11.9 Å². The van der Waals surface area contributed by atoms with E-state index in [9.17, 15) is 4.79 Å². The average Bonchev–Trinajstić information content (AvgIpc) is 2.34. The Hall–Kier alpha value is -1.38. The fraction of sp³-hybridized carbons (Fsp3) is 0.538. The second-order valence-electron chi connectivity index (χ2n) is 3.99. The Kier molecular flexibility index (Phi) is 5.54. The molecular formula is C13H19NO2. The average molecular weight is 221 g/mol. The van der Waals surface area contributed by atoms with Crippen molar-refractivity contribution in [1.29, 1.82) is 0 Å². The van der Waals surface area contributed by atoms with E-state index < -0.39 is 0 Å². The molecule has 0 amide bonds. The molecule has 3 heteroatoms. The number of esters is 1. The maximum absolute atomic E-state index is 11.1. The largest absolute Gasteiger partial charge is 0.469 e. The Morgan fingerprint density at radius 2 is 2.25 bits per heavy atom. The number of carbonyl (C=O) groups excluding carboxylic acids is 1. The molecular weight excluding hydrogens is 202 g/mol. The van der Waals surface area contributed by atoms with Gasteiger partial charge in [0.1, 0.15) is 0 Å². The van der Waals surface area contributed by atoms with Crippen LogP contribution in [0.3, 0.4) is 0 Å². The van der Waals surface area contributed by atoms with Crippen LogP contribution in [0.15, 0.2) is 24.4 Å². The van der Waals surface area contributed by atoms with Crippen LogP contribution < -0.4 is 0 Å². The number of nitrogens with zero attached hydrogens (tertiary/aromatic N) is 1. The van der Waals surface area contributed by atoms with Gasteiger partial charge in [0.15, 0.2) is 0 Å². The zero-order valence-corrected chi connectivity index (χ0v) is 9.98. The Bertz CT molecular complexity index is 311. The van der Waals surface area contributed by atoms with Gasteiger partial charge in [-0.25, -0.2) is 0 Å². The van der Waals surface area contributed by atoms with Gasteiger partial charge in [0.25, 0.3) is 0 Å². The molecule has 1 aromatic rings. The molecule has 0 aromatic carbocycles. The summed E-state index contributed by atoms with van der Waals surface area (Å²) in [4.78, 5) is 15.4. The summed E-state index contributed by atoms with van der Waals surface area (Å²) < 4.78 is 4.68. The van der Waals surface area contributed by atoms with Crippen molar-refractivity contribution < 1.29 is 9.53 Å². The maximum atomic E-state index is 11.1. The Morgan fingerprint density at radius 3 is 2.88 bits per heavy atom. The van der Waals surface area contributed by atoms with E-state index >= 15 is 0 Å². The Morgan fingerprint density at radius 1 is 1.44 bits per heavy atom. The zero-order chi connectivity index (χ0) is 11.8. The van der Waals surface area contributed by atoms with Gasteiger partial charge in [0.2, 0.25) is 0 Å². The van der Waals surface area contributed by atoms with Crippen LogP contribution >= 0.6 is 0 Å². The molecule has 0 radical (unpaired) electrons. The summed E-state index contributed by atoms with van der Waals surface area (Å²) in [6.45, 7) is 1.91. The third-order valence-electron chi connectivity index (χ3n) is 2.65. The van der Waals surface area contributed by atoms with Gasteiger partial charge in [-0.2, -0.15) is 0 Å². The third-order valence-corrected chi connectivity index (χ3v) is 2.65. The summed E-state index contributed by atoms with van der Waals surface area (Å²) in [6.07, 6.45) is 5.78. The number of rotatable bonds is 6. The van der Waals surface area contributed by atoms with Gasteiger partial charge in [-0.15, -0.1) is 0 Å². The molecule has 16 heavy (non-hydrogen) atoms. The van der Waals surface area contributed by atoms with E-state index in [0.717, 1.165) is 31.4 Å². The number of carbonyl (C=O) groups is 1. The number of hydrogen-bond donors (Lipinski definition) is 0. The van der Waals surface area contributed by atoms with Gasteiger partial charge >= 0.3 is 5.97 Å². The molecule has 0 aliphatic carbocycles. The highest BCUT2D eigenvalue weighted by atomic mass is 16.5. The Balaban J connectivity index is 2.15. The number of pyridine rings is 1. The van der Waals surface area contributed by atoms with E-state index in [4.69, 9.17) is 0 Å². The second kappa shape index (κ2) is 6.99. The van der Waals surface area contributed by atoms with Gasteiger partial charge in [-0.3, -0.25) is 9.78 Å². The van der Waals surface area contributed by atoms with Gasteiger partial charge in [-0.05, 0) is 31.4 Å². The van der Waals surface area contributed by atoms with Crippen molar-refractivity contribution in [1.82, 2.24) is 4.98 Å². The first-order valence-electron chi connectivity index (χ1n) is 5.71. The molecule has 0 aliphatic heterocycles. The van der Waals surface area contributed by atoms with Gasteiger partial charge < -0.3 is 4.74 Å². The lowest BCUT2D eigenvalue weighted by Crippen LogP contribution is -2.12. The lowest BCUT2D eigenvalue weighted by atomic mass is 10.0. The SMILES string of the molecule is COC(=O)C(C)CCCCc1ccccn1. The summed E-state index contributed by atoms with van der Waals surface area (Å²) in [7, 11) is 1.44. The van der Waals surface area contributed by atoms with Crippen molar-refractivity contribution in [3.8, 4) is 0 Å². The molecule has 0 saturated heterocycles. The minimum absolute atomic E-state index is 0.00809. The van der Waals surface area contributed by atoms with E-state index in [1.54, 1.807) is 0 Å². The van der Waals surface area contributed by atoms with Crippen molar-refractivity contribution in [2.75, 3.05) is 7.11 Å². The van der Waals surface area contributed by atoms with Gasteiger partial charge in [0, 0.05) is 11.9 Å². The lowest BCUT2D eigenvalue weighted by molar-refractivity contribution is -0.145. The molecule has 0 fully saturated rings. The smallest absolute Gasteiger partial charge is 0.308 e. The molecule has 0 aliphatic rings. The van der Waals surface area contributed by atoms with Crippen molar-refractivity contribution >= 4 is 5.97 Å². The van der Waals surface area contributed by atoms with E-state index in [1.165, 1.54) is 7.11 Å². The summed E-state index contributed by atoms with van der Waals surface area (Å²) in [5.41, 5.74) is 1.12. The summed E-state index contributed by atoms with van der Waals surface area (Å²) >= 11 is 0. The van der Waals surface area contributed by atoms with Crippen molar-refractivity contribution in [2.24, 2.45) is 5.92 Å². The molecule has 1 heterocycles. The molecule has 0 N–H and O–H groups in total. The molecule has 1 unspecified atom stereocenters. The number of ether oxygens (including phenoxy) is 1. The number of unbranched alkanes of at least 4 members (excludes halogenated alkanes) is 1. The fourth-order valence-electron chi connectivity index (χ4n) is 1.62. The highest BCUT2D eigenvalue weighted by molar-refractivity contribution is 5.71. The third kappa shape index (κ3) is 4.43. The number of methoxy groups -OCH3 is 1. The van der Waals surface area contributed by atoms with Crippen molar-refractivity contribution in [3.05, 3.63) is 30.1 Å². The number of hydrogen-bond acceptors (Lipinski definition) is 3. The molecule has 88 valence electrons. The molecule has 1 rings (SSSR count). The molecule has 1 atom stereocenters. The van der Waals surface area contributed by atoms with Crippen molar-refractivity contribution in [2.45, 2.75) is 32.6 Å². The Labute approximate surface area is 96.8 Å². The molecule has 3 nitrogen and oxygen atoms in total. The summed E-state index contributed by atoms with van der Waals surface area (Å²) in [5.74, 6) is -0.105. The van der Waals surface area contributed by atoms with Crippen LogP contribution in [0.25, 0.3) is 0 Å². The molecule has 0 spiro atoms. The standard InChI is InChI=1S/C13H19NO2/c1-11(13(15)16-2)7-3-4-8-12-9-5-6-10-14-12/h5-6,9-11H,3-4,7-8H2,1-2H3. The van der Waals surface area contributed by atoms with Crippen molar-refractivity contribution in [3.63, 3.8) is 0 Å². The van der Waals surface area contributed by atoms with E-state index in [0.29, 0.717) is 0 Å². The highest BCUT2D eigenvalue weighted by Gasteiger charge is 2.11. The first kappa shape index (κ1) is 12.7. The van der Waals surface area contributed by atoms with Crippen LogP contribution in [0.1, 0.15) is 31.9 Å². The zero-order valence-electron chi connectivity index (χ0n) is 9.98. The van der Waals surface area contributed by atoms with E-state index in [2.05, 4.69) is 9.72 Å². The van der Waals surface area contributed by atoms with Crippen LogP contribution in [-0.2, 0) is 16.0 Å².